The van der Waals surface area contributed by atoms with E-state index in [4.69, 9.17) is 0 Å². The second-order valence-electron chi connectivity index (χ2n) is 7.95. The van der Waals surface area contributed by atoms with Crippen molar-refractivity contribution < 1.29 is 9.59 Å². The van der Waals surface area contributed by atoms with Gasteiger partial charge in [0.05, 0.1) is 12.5 Å². The number of rotatable bonds is 3. The average Bonchev–Trinajstić information content (AvgIpc) is 3.19. The molecule has 1 aromatic carbocycles. The van der Waals surface area contributed by atoms with E-state index in [0.29, 0.717) is 19.0 Å². The molecule has 7 heteroatoms. The maximum absolute atomic E-state index is 13.1. The second-order valence-corrected chi connectivity index (χ2v) is 7.95. The van der Waals surface area contributed by atoms with Gasteiger partial charge in [-0.1, -0.05) is 24.3 Å². The molecule has 3 aliphatic heterocycles. The number of hydrogen-bond donors (Lipinski definition) is 1. The van der Waals surface area contributed by atoms with Gasteiger partial charge in [0.15, 0.2) is 0 Å². The zero-order chi connectivity index (χ0) is 18.8. The Labute approximate surface area is 173 Å². The summed E-state index contributed by atoms with van der Waals surface area (Å²) in [5.41, 5.74) is 2.41. The Morgan fingerprint density at radius 1 is 1.11 bits per heavy atom. The van der Waals surface area contributed by atoms with Gasteiger partial charge in [-0.05, 0) is 24.0 Å². The molecule has 4 rings (SSSR count). The Hall–Kier alpha value is -1.63. The third-order valence-corrected chi connectivity index (χ3v) is 6.37. The van der Waals surface area contributed by atoms with E-state index in [9.17, 15) is 9.59 Å². The Kier molecular flexibility index (Phi) is 6.96. The smallest absolute Gasteiger partial charge is 0.225 e. The van der Waals surface area contributed by atoms with Gasteiger partial charge in [0.1, 0.15) is 0 Å². The number of amides is 2. The number of nitrogens with zero attached hydrogens (tertiary/aromatic N) is 3. The van der Waals surface area contributed by atoms with Crippen molar-refractivity contribution in [2.75, 3.05) is 45.8 Å². The van der Waals surface area contributed by atoms with Crippen LogP contribution in [0.4, 0.5) is 0 Å². The lowest BCUT2D eigenvalue weighted by Gasteiger charge is -2.37. The van der Waals surface area contributed by atoms with Crippen molar-refractivity contribution in [1.82, 2.24) is 20.0 Å². The van der Waals surface area contributed by atoms with E-state index in [0.717, 1.165) is 57.7 Å². The highest BCUT2D eigenvalue weighted by Crippen LogP contribution is 2.33. The standard InChI is InChI=1S/C21H30N4O2.ClH/c1-16(26)25-11-6-17-4-2-3-5-19(17)20(25)14-21(27)24-10-7-18(15-24)23-12-8-22-9-13-23;/h2-5,18,20,22H,6-15H2,1H3;1H. The molecule has 0 aliphatic carbocycles. The minimum absolute atomic E-state index is 0. The lowest BCUT2D eigenvalue weighted by atomic mass is 9.90. The maximum atomic E-state index is 13.1. The first-order valence-electron chi connectivity index (χ1n) is 10.2. The number of carbonyl (C=O) groups is 2. The van der Waals surface area contributed by atoms with Crippen LogP contribution in [-0.4, -0.2) is 78.4 Å². The van der Waals surface area contributed by atoms with E-state index in [2.05, 4.69) is 22.3 Å². The highest BCUT2D eigenvalue weighted by Gasteiger charge is 2.35. The number of hydrogen-bond acceptors (Lipinski definition) is 4. The fourth-order valence-corrected chi connectivity index (χ4v) is 4.86. The summed E-state index contributed by atoms with van der Waals surface area (Å²) >= 11 is 0. The Morgan fingerprint density at radius 3 is 2.61 bits per heavy atom. The van der Waals surface area contributed by atoms with Crippen LogP contribution in [0.25, 0.3) is 0 Å². The molecule has 3 aliphatic rings. The molecule has 2 atom stereocenters. The van der Waals surface area contributed by atoms with Crippen molar-refractivity contribution in [1.29, 1.82) is 0 Å². The van der Waals surface area contributed by atoms with Crippen LogP contribution in [0, 0.1) is 0 Å². The summed E-state index contributed by atoms with van der Waals surface area (Å²) in [4.78, 5) is 31.7. The molecule has 28 heavy (non-hydrogen) atoms. The predicted molar refractivity (Wildman–Crippen MR) is 112 cm³/mol. The lowest BCUT2D eigenvalue weighted by Crippen LogP contribution is -2.49. The van der Waals surface area contributed by atoms with Gasteiger partial charge < -0.3 is 15.1 Å². The Balaban J connectivity index is 0.00000225. The molecule has 2 saturated heterocycles. The first-order valence-corrected chi connectivity index (χ1v) is 10.2. The molecule has 0 radical (unpaired) electrons. The van der Waals surface area contributed by atoms with Gasteiger partial charge in [-0.3, -0.25) is 14.5 Å². The number of carbonyl (C=O) groups excluding carboxylic acids is 2. The summed E-state index contributed by atoms with van der Waals surface area (Å²) in [6.07, 6.45) is 2.32. The third-order valence-electron chi connectivity index (χ3n) is 6.37. The van der Waals surface area contributed by atoms with Crippen molar-refractivity contribution in [3.8, 4) is 0 Å². The van der Waals surface area contributed by atoms with Crippen molar-refractivity contribution in [2.45, 2.75) is 38.3 Å². The van der Waals surface area contributed by atoms with Crippen LogP contribution in [0.1, 0.15) is 36.9 Å². The summed E-state index contributed by atoms with van der Waals surface area (Å²) in [6.45, 7) is 8.19. The van der Waals surface area contributed by atoms with E-state index in [1.807, 2.05) is 21.9 Å². The minimum Gasteiger partial charge on any atom is -0.341 e. The first kappa shape index (κ1) is 21.1. The zero-order valence-corrected chi connectivity index (χ0v) is 17.4. The molecule has 0 aromatic heterocycles. The van der Waals surface area contributed by atoms with Gasteiger partial charge in [-0.25, -0.2) is 0 Å². The summed E-state index contributed by atoms with van der Waals surface area (Å²) in [5.74, 6) is 0.239. The van der Waals surface area contributed by atoms with Crippen LogP contribution in [0.5, 0.6) is 0 Å². The minimum atomic E-state index is -0.127. The monoisotopic (exact) mass is 406 g/mol. The lowest BCUT2D eigenvalue weighted by molar-refractivity contribution is -0.136. The van der Waals surface area contributed by atoms with E-state index in [1.165, 1.54) is 5.56 Å². The van der Waals surface area contributed by atoms with Crippen LogP contribution < -0.4 is 5.32 Å². The zero-order valence-electron chi connectivity index (χ0n) is 16.6. The van der Waals surface area contributed by atoms with Crippen LogP contribution in [0.2, 0.25) is 0 Å². The number of fused-ring (bicyclic) bond motifs is 1. The van der Waals surface area contributed by atoms with Crippen LogP contribution in [0.15, 0.2) is 24.3 Å². The fourth-order valence-electron chi connectivity index (χ4n) is 4.86. The highest BCUT2D eigenvalue weighted by molar-refractivity contribution is 5.85. The molecule has 2 unspecified atom stereocenters. The molecular weight excluding hydrogens is 376 g/mol. The van der Waals surface area contributed by atoms with Gasteiger partial charge in [0, 0.05) is 58.8 Å². The SMILES string of the molecule is CC(=O)N1CCc2ccccc2C1CC(=O)N1CCC(N2CCNCC2)C1.Cl. The third kappa shape index (κ3) is 4.34. The largest absolute Gasteiger partial charge is 0.341 e. The van der Waals surface area contributed by atoms with Crippen molar-refractivity contribution >= 4 is 24.2 Å². The van der Waals surface area contributed by atoms with Gasteiger partial charge in [0.2, 0.25) is 11.8 Å². The first-order chi connectivity index (χ1) is 13.1. The molecule has 0 spiro atoms. The molecule has 0 bridgehead atoms. The normalized spacial score (nSPS) is 25.2. The Morgan fingerprint density at radius 2 is 1.86 bits per heavy atom. The molecule has 2 amide bonds. The molecular formula is C21H31ClN4O2. The molecule has 1 aromatic rings. The van der Waals surface area contributed by atoms with Crippen LogP contribution >= 0.6 is 12.4 Å². The highest BCUT2D eigenvalue weighted by atomic mass is 35.5. The number of piperazine rings is 1. The van der Waals surface area contributed by atoms with E-state index in [-0.39, 0.29) is 30.3 Å². The van der Waals surface area contributed by atoms with Crippen molar-refractivity contribution in [3.05, 3.63) is 35.4 Å². The molecule has 6 nitrogen and oxygen atoms in total. The summed E-state index contributed by atoms with van der Waals surface area (Å²) < 4.78 is 0. The molecule has 2 fully saturated rings. The van der Waals surface area contributed by atoms with E-state index >= 15 is 0 Å². The number of halogens is 1. The quantitative estimate of drug-likeness (QED) is 0.825. The number of likely N-dealkylation sites (tertiary alicyclic amines) is 1. The van der Waals surface area contributed by atoms with Crippen LogP contribution in [0.3, 0.4) is 0 Å². The van der Waals surface area contributed by atoms with Crippen molar-refractivity contribution in [3.63, 3.8) is 0 Å². The molecule has 0 saturated carbocycles. The average molecular weight is 407 g/mol. The number of benzene rings is 1. The van der Waals surface area contributed by atoms with E-state index < -0.39 is 0 Å². The fraction of sp³-hybridized carbons (Fsp3) is 0.619. The number of nitrogens with one attached hydrogen (secondary N) is 1. The van der Waals surface area contributed by atoms with Gasteiger partial charge in [-0.15, -0.1) is 12.4 Å². The summed E-state index contributed by atoms with van der Waals surface area (Å²) in [5, 5.41) is 3.39. The van der Waals surface area contributed by atoms with Crippen LogP contribution in [-0.2, 0) is 16.0 Å². The maximum Gasteiger partial charge on any atom is 0.225 e. The molecule has 1 N–H and O–H groups in total. The molecule has 154 valence electrons. The Bertz CT molecular complexity index is 707. The van der Waals surface area contributed by atoms with Gasteiger partial charge in [-0.2, -0.15) is 0 Å². The van der Waals surface area contributed by atoms with Gasteiger partial charge >= 0.3 is 0 Å². The molecule has 3 heterocycles. The topological polar surface area (TPSA) is 55.9 Å². The summed E-state index contributed by atoms with van der Waals surface area (Å²) in [7, 11) is 0. The second kappa shape index (κ2) is 9.25. The summed E-state index contributed by atoms with van der Waals surface area (Å²) in [6, 6.07) is 8.61. The predicted octanol–water partition coefficient (Wildman–Crippen LogP) is 1.45. The van der Waals surface area contributed by atoms with E-state index in [1.54, 1.807) is 6.92 Å². The van der Waals surface area contributed by atoms with Crippen molar-refractivity contribution in [2.24, 2.45) is 0 Å². The van der Waals surface area contributed by atoms with Gasteiger partial charge in [0.25, 0.3) is 0 Å².